The molecule has 2 atom stereocenters. The lowest BCUT2D eigenvalue weighted by atomic mass is 10.2. The Morgan fingerprint density at radius 2 is 2.05 bits per heavy atom. The Hall–Kier alpha value is -1.56. The Bertz CT molecular complexity index is 566. The van der Waals surface area contributed by atoms with Crippen molar-refractivity contribution < 1.29 is 18.6 Å². The van der Waals surface area contributed by atoms with Crippen LogP contribution in [0.2, 0.25) is 0 Å². The van der Waals surface area contributed by atoms with E-state index in [1.54, 1.807) is 21.3 Å². The van der Waals surface area contributed by atoms with Gasteiger partial charge in [-0.25, -0.2) is 0 Å². The van der Waals surface area contributed by atoms with Gasteiger partial charge in [0.05, 0.1) is 25.9 Å². The number of methoxy groups -OCH3 is 3. The first-order valence-corrected chi connectivity index (χ1v) is 7.01. The van der Waals surface area contributed by atoms with Crippen LogP contribution in [0.1, 0.15) is 18.7 Å². The first-order valence-electron chi connectivity index (χ1n) is 7.01. The number of rotatable bonds is 8. The molecule has 2 aromatic rings. The van der Waals surface area contributed by atoms with Gasteiger partial charge in [-0.1, -0.05) is 12.1 Å². The number of nitrogens with one attached hydrogen (secondary N) is 1. The van der Waals surface area contributed by atoms with Gasteiger partial charge in [0.1, 0.15) is 5.76 Å². The highest BCUT2D eigenvalue weighted by atomic mass is 16.5. The van der Waals surface area contributed by atoms with Crippen molar-refractivity contribution in [3.05, 3.63) is 30.0 Å². The third-order valence-electron chi connectivity index (χ3n) is 3.51. The smallest absolute Gasteiger partial charge is 0.176 e. The minimum absolute atomic E-state index is 0.0244. The maximum atomic E-state index is 5.92. The predicted molar refractivity (Wildman–Crippen MR) is 81.9 cm³/mol. The number of fused-ring (bicyclic) bond motifs is 1. The molecular weight excluding hydrogens is 270 g/mol. The van der Waals surface area contributed by atoms with Gasteiger partial charge in [-0.2, -0.15) is 0 Å². The number of hydrogen-bond donors (Lipinski definition) is 1. The van der Waals surface area contributed by atoms with E-state index in [0.29, 0.717) is 13.2 Å². The van der Waals surface area contributed by atoms with Crippen molar-refractivity contribution in [1.82, 2.24) is 5.32 Å². The number of furan rings is 1. The first kappa shape index (κ1) is 15.8. The molecule has 0 saturated heterocycles. The van der Waals surface area contributed by atoms with E-state index < -0.39 is 0 Å². The number of hydrogen-bond acceptors (Lipinski definition) is 5. The van der Waals surface area contributed by atoms with E-state index >= 15 is 0 Å². The van der Waals surface area contributed by atoms with Crippen molar-refractivity contribution in [2.75, 3.05) is 34.5 Å². The van der Waals surface area contributed by atoms with Gasteiger partial charge in [0.15, 0.2) is 11.3 Å². The lowest BCUT2D eigenvalue weighted by molar-refractivity contribution is 0.0273. The van der Waals surface area contributed by atoms with E-state index in [1.165, 1.54) is 0 Å². The summed E-state index contributed by atoms with van der Waals surface area (Å²) in [5, 5.41) is 4.43. The first-order chi connectivity index (χ1) is 10.2. The van der Waals surface area contributed by atoms with Crippen molar-refractivity contribution in [1.29, 1.82) is 0 Å². The SMILES string of the molecule is COCC(CNC(C)c1cc2cccc(OC)c2o1)OC. The second-order valence-corrected chi connectivity index (χ2v) is 4.97. The fourth-order valence-electron chi connectivity index (χ4n) is 2.24. The van der Waals surface area contributed by atoms with Crippen LogP contribution in [0.15, 0.2) is 28.7 Å². The molecule has 0 spiro atoms. The Morgan fingerprint density at radius 3 is 2.71 bits per heavy atom. The molecule has 116 valence electrons. The van der Waals surface area contributed by atoms with E-state index in [9.17, 15) is 0 Å². The molecule has 2 rings (SSSR count). The highest BCUT2D eigenvalue weighted by molar-refractivity contribution is 5.83. The Morgan fingerprint density at radius 1 is 1.24 bits per heavy atom. The predicted octanol–water partition coefficient (Wildman–Crippen LogP) is 2.75. The van der Waals surface area contributed by atoms with E-state index in [2.05, 4.69) is 12.2 Å². The van der Waals surface area contributed by atoms with Crippen LogP contribution in [0.5, 0.6) is 5.75 Å². The van der Waals surface area contributed by atoms with Crippen LogP contribution in [0, 0.1) is 0 Å². The molecule has 2 unspecified atom stereocenters. The molecule has 0 fully saturated rings. The molecule has 1 aromatic heterocycles. The molecule has 0 amide bonds. The van der Waals surface area contributed by atoms with Gasteiger partial charge in [0.25, 0.3) is 0 Å². The largest absolute Gasteiger partial charge is 0.493 e. The van der Waals surface area contributed by atoms with E-state index in [1.807, 2.05) is 24.3 Å². The fourth-order valence-corrected chi connectivity index (χ4v) is 2.24. The average Bonchev–Trinajstić information content (AvgIpc) is 2.95. The van der Waals surface area contributed by atoms with E-state index in [0.717, 1.165) is 22.5 Å². The minimum Gasteiger partial charge on any atom is -0.493 e. The average molecular weight is 293 g/mol. The van der Waals surface area contributed by atoms with Gasteiger partial charge >= 0.3 is 0 Å². The van der Waals surface area contributed by atoms with Crippen LogP contribution in [0.3, 0.4) is 0 Å². The van der Waals surface area contributed by atoms with Crippen LogP contribution in [-0.2, 0) is 9.47 Å². The zero-order valence-corrected chi connectivity index (χ0v) is 13.0. The molecule has 0 aliphatic carbocycles. The lowest BCUT2D eigenvalue weighted by Crippen LogP contribution is -2.33. The molecular formula is C16H23NO4. The molecule has 5 heteroatoms. The summed E-state index contributed by atoms with van der Waals surface area (Å²) in [4.78, 5) is 0. The molecule has 0 radical (unpaired) electrons. The molecule has 0 aliphatic heterocycles. The normalized spacial score (nSPS) is 14.3. The summed E-state index contributed by atoms with van der Waals surface area (Å²) in [6.45, 7) is 3.31. The van der Waals surface area contributed by atoms with Crippen molar-refractivity contribution in [2.45, 2.75) is 19.1 Å². The van der Waals surface area contributed by atoms with E-state index in [-0.39, 0.29) is 12.1 Å². The lowest BCUT2D eigenvalue weighted by Gasteiger charge is -2.18. The molecule has 1 N–H and O–H groups in total. The van der Waals surface area contributed by atoms with Crippen molar-refractivity contribution in [3.63, 3.8) is 0 Å². The molecule has 0 saturated carbocycles. The summed E-state index contributed by atoms with van der Waals surface area (Å²) in [5.74, 6) is 1.63. The fraction of sp³-hybridized carbons (Fsp3) is 0.500. The molecule has 1 heterocycles. The summed E-state index contributed by atoms with van der Waals surface area (Å²) in [6, 6.07) is 7.98. The summed E-state index contributed by atoms with van der Waals surface area (Å²) in [7, 11) is 5.00. The highest BCUT2D eigenvalue weighted by Crippen LogP contribution is 2.30. The minimum atomic E-state index is 0.0244. The second kappa shape index (κ2) is 7.45. The number of ether oxygens (including phenoxy) is 3. The maximum Gasteiger partial charge on any atom is 0.176 e. The van der Waals surface area contributed by atoms with Crippen molar-refractivity contribution in [3.8, 4) is 5.75 Å². The Labute approximate surface area is 125 Å². The van der Waals surface area contributed by atoms with Gasteiger partial charge < -0.3 is 23.9 Å². The Kier molecular flexibility index (Phi) is 5.61. The van der Waals surface area contributed by atoms with Crippen LogP contribution in [0.25, 0.3) is 11.0 Å². The summed E-state index contributed by atoms with van der Waals surface area (Å²) in [5.41, 5.74) is 0.781. The van der Waals surface area contributed by atoms with Gasteiger partial charge in [-0.3, -0.25) is 0 Å². The zero-order valence-electron chi connectivity index (χ0n) is 13.0. The molecule has 21 heavy (non-hydrogen) atoms. The molecule has 1 aromatic carbocycles. The van der Waals surface area contributed by atoms with Crippen LogP contribution in [-0.4, -0.2) is 40.6 Å². The maximum absolute atomic E-state index is 5.92. The van der Waals surface area contributed by atoms with Crippen molar-refractivity contribution in [2.24, 2.45) is 0 Å². The molecule has 0 bridgehead atoms. The van der Waals surface area contributed by atoms with Gasteiger partial charge in [-0.15, -0.1) is 0 Å². The summed E-state index contributed by atoms with van der Waals surface area (Å²) in [6.07, 6.45) is 0.0244. The number of para-hydroxylation sites is 1. The monoisotopic (exact) mass is 293 g/mol. The number of benzene rings is 1. The standard InChI is InChI=1S/C16H23NO4/c1-11(17-9-13(19-3)10-18-2)15-8-12-6-5-7-14(20-4)16(12)21-15/h5-8,11,13,17H,9-10H2,1-4H3. The zero-order chi connectivity index (χ0) is 15.2. The van der Waals surface area contributed by atoms with Gasteiger partial charge in [-0.05, 0) is 19.1 Å². The van der Waals surface area contributed by atoms with Crippen LogP contribution < -0.4 is 10.1 Å². The third kappa shape index (κ3) is 3.75. The second-order valence-electron chi connectivity index (χ2n) is 4.97. The summed E-state index contributed by atoms with van der Waals surface area (Å²) >= 11 is 0. The molecule has 0 aliphatic rings. The topological polar surface area (TPSA) is 52.9 Å². The van der Waals surface area contributed by atoms with Gasteiger partial charge in [0, 0.05) is 26.2 Å². The third-order valence-corrected chi connectivity index (χ3v) is 3.51. The van der Waals surface area contributed by atoms with Crippen LogP contribution in [0.4, 0.5) is 0 Å². The Balaban J connectivity index is 2.07. The quantitative estimate of drug-likeness (QED) is 0.811. The van der Waals surface area contributed by atoms with Crippen LogP contribution >= 0.6 is 0 Å². The van der Waals surface area contributed by atoms with Crippen molar-refractivity contribution >= 4 is 11.0 Å². The van der Waals surface area contributed by atoms with E-state index in [4.69, 9.17) is 18.6 Å². The van der Waals surface area contributed by atoms with Gasteiger partial charge in [0.2, 0.25) is 0 Å². The highest BCUT2D eigenvalue weighted by Gasteiger charge is 2.15. The summed E-state index contributed by atoms with van der Waals surface area (Å²) < 4.78 is 21.7. The molecule has 5 nitrogen and oxygen atoms in total.